The number of rotatable bonds is 1. The minimum absolute atomic E-state index is 0.377. The van der Waals surface area contributed by atoms with Crippen molar-refractivity contribution in [3.05, 3.63) is 0 Å². The fourth-order valence-corrected chi connectivity index (χ4v) is 4.62. The van der Waals surface area contributed by atoms with Gasteiger partial charge in [-0.05, 0) is 43.4 Å². The van der Waals surface area contributed by atoms with E-state index in [1.807, 2.05) is 0 Å². The van der Waals surface area contributed by atoms with Crippen LogP contribution in [0.25, 0.3) is 0 Å². The van der Waals surface area contributed by atoms with Gasteiger partial charge in [0.15, 0.2) is 0 Å². The lowest BCUT2D eigenvalue weighted by atomic mass is 9.87. The van der Waals surface area contributed by atoms with Crippen LogP contribution < -0.4 is 0 Å². The van der Waals surface area contributed by atoms with Crippen molar-refractivity contribution >= 4 is 21.8 Å². The molecule has 1 amide bonds. The van der Waals surface area contributed by atoms with E-state index >= 15 is 0 Å². The molecule has 1 saturated heterocycles. The lowest BCUT2D eigenvalue weighted by Gasteiger charge is -2.37. The van der Waals surface area contributed by atoms with Crippen LogP contribution in [0.2, 0.25) is 0 Å². The van der Waals surface area contributed by atoms with E-state index in [1.54, 1.807) is 0 Å². The van der Waals surface area contributed by atoms with Crippen molar-refractivity contribution in [2.24, 2.45) is 23.7 Å². The molecule has 0 aromatic heterocycles. The van der Waals surface area contributed by atoms with Crippen molar-refractivity contribution in [1.29, 1.82) is 0 Å². The number of hydrogen-bond donors (Lipinski definition) is 0. The van der Waals surface area contributed by atoms with Crippen LogP contribution in [0.15, 0.2) is 0 Å². The summed E-state index contributed by atoms with van der Waals surface area (Å²) in [6.07, 6.45) is 6.36. The van der Waals surface area contributed by atoms with Crippen LogP contribution in [0.4, 0.5) is 0 Å². The molecule has 0 N–H and O–H groups in total. The molecule has 3 rings (SSSR count). The zero-order valence-electron chi connectivity index (χ0n) is 10.6. The molecule has 3 fully saturated rings. The molecule has 3 aliphatic rings. The predicted octanol–water partition coefficient (Wildman–Crippen LogP) is 3.05. The van der Waals surface area contributed by atoms with Gasteiger partial charge in [-0.25, -0.2) is 0 Å². The lowest BCUT2D eigenvalue weighted by Crippen LogP contribution is -2.46. The molecule has 2 aliphatic carbocycles. The molecule has 0 aromatic rings. The van der Waals surface area contributed by atoms with Crippen LogP contribution in [0.1, 0.15) is 39.0 Å². The highest BCUT2D eigenvalue weighted by Gasteiger charge is 2.45. The average molecular weight is 300 g/mol. The summed E-state index contributed by atoms with van der Waals surface area (Å²) in [5, 5.41) is 0. The van der Waals surface area contributed by atoms with Crippen LogP contribution >= 0.6 is 15.9 Å². The van der Waals surface area contributed by atoms with Crippen molar-refractivity contribution in [1.82, 2.24) is 4.90 Å². The number of likely N-dealkylation sites (tertiary alicyclic amines) is 1. The maximum Gasteiger partial charge on any atom is 0.226 e. The number of amides is 1. The first-order chi connectivity index (χ1) is 8.15. The molecule has 5 atom stereocenters. The minimum atomic E-state index is 0.377. The molecule has 2 bridgehead atoms. The summed E-state index contributed by atoms with van der Waals surface area (Å²) in [5.74, 6) is 3.15. The second kappa shape index (κ2) is 4.56. The number of nitrogens with zero attached hydrogens (tertiary/aromatic N) is 1. The van der Waals surface area contributed by atoms with E-state index < -0.39 is 0 Å². The standard InChI is InChI=1S/C14H22BrNO/c1-9-4-5-16(8-13(9)15)14(17)12-7-10-2-3-11(12)6-10/h9-13H,2-8H2,1H3. The lowest BCUT2D eigenvalue weighted by molar-refractivity contribution is -0.138. The van der Waals surface area contributed by atoms with E-state index in [0.717, 1.165) is 31.3 Å². The average Bonchev–Trinajstić information content (AvgIpc) is 2.93. The highest BCUT2D eigenvalue weighted by molar-refractivity contribution is 9.09. The third-order valence-corrected chi connectivity index (χ3v) is 6.43. The fourth-order valence-electron chi connectivity index (χ4n) is 4.00. The second-order valence-electron chi connectivity index (χ2n) is 6.35. The predicted molar refractivity (Wildman–Crippen MR) is 72.0 cm³/mol. The number of hydrogen-bond acceptors (Lipinski definition) is 1. The Morgan fingerprint density at radius 1 is 1.24 bits per heavy atom. The molecule has 0 radical (unpaired) electrons. The molecule has 2 nitrogen and oxygen atoms in total. The number of alkyl halides is 1. The van der Waals surface area contributed by atoms with E-state index in [4.69, 9.17) is 0 Å². The second-order valence-corrected chi connectivity index (χ2v) is 7.52. The van der Waals surface area contributed by atoms with E-state index in [2.05, 4.69) is 27.8 Å². The van der Waals surface area contributed by atoms with Crippen LogP contribution in [0.5, 0.6) is 0 Å². The number of piperidine rings is 1. The Bertz CT molecular complexity index is 319. The van der Waals surface area contributed by atoms with Crippen LogP contribution in [0, 0.1) is 23.7 Å². The van der Waals surface area contributed by atoms with Crippen LogP contribution in [0.3, 0.4) is 0 Å². The van der Waals surface area contributed by atoms with Gasteiger partial charge in [0.1, 0.15) is 0 Å². The summed E-state index contributed by atoms with van der Waals surface area (Å²) in [6.45, 7) is 4.18. The highest BCUT2D eigenvalue weighted by atomic mass is 79.9. The normalized spacial score (nSPS) is 45.3. The van der Waals surface area contributed by atoms with E-state index in [-0.39, 0.29) is 0 Å². The van der Waals surface area contributed by atoms with Gasteiger partial charge in [0.05, 0.1) is 0 Å². The Morgan fingerprint density at radius 2 is 2.06 bits per heavy atom. The first-order valence-corrected chi connectivity index (χ1v) is 7.99. The zero-order chi connectivity index (χ0) is 12.0. The first-order valence-electron chi connectivity index (χ1n) is 7.08. The molecule has 3 heteroatoms. The molecule has 1 heterocycles. The number of carbonyl (C=O) groups excluding carboxylic acids is 1. The van der Waals surface area contributed by atoms with Crippen molar-refractivity contribution in [3.8, 4) is 0 Å². The molecule has 5 unspecified atom stereocenters. The van der Waals surface area contributed by atoms with Crippen LogP contribution in [-0.4, -0.2) is 28.7 Å². The summed E-state index contributed by atoms with van der Waals surface area (Å²) in [6, 6.07) is 0. The monoisotopic (exact) mass is 299 g/mol. The van der Waals surface area contributed by atoms with Gasteiger partial charge >= 0.3 is 0 Å². The topological polar surface area (TPSA) is 20.3 Å². The Balaban J connectivity index is 1.63. The van der Waals surface area contributed by atoms with E-state index in [0.29, 0.717) is 22.6 Å². The van der Waals surface area contributed by atoms with Crippen molar-refractivity contribution in [2.75, 3.05) is 13.1 Å². The molecular weight excluding hydrogens is 278 g/mol. The largest absolute Gasteiger partial charge is 0.341 e. The SMILES string of the molecule is CC1CCN(C(=O)C2CC3CCC2C3)CC1Br. The maximum atomic E-state index is 12.5. The van der Waals surface area contributed by atoms with Gasteiger partial charge in [0.2, 0.25) is 5.91 Å². The van der Waals surface area contributed by atoms with Gasteiger partial charge in [-0.3, -0.25) is 4.79 Å². The maximum absolute atomic E-state index is 12.5. The van der Waals surface area contributed by atoms with Crippen molar-refractivity contribution < 1.29 is 4.79 Å². The van der Waals surface area contributed by atoms with Crippen LogP contribution in [-0.2, 0) is 4.79 Å². The highest BCUT2D eigenvalue weighted by Crippen LogP contribution is 2.49. The summed E-state index contributed by atoms with van der Waals surface area (Å²) in [5.41, 5.74) is 0. The minimum Gasteiger partial charge on any atom is -0.341 e. The summed E-state index contributed by atoms with van der Waals surface area (Å²) >= 11 is 3.72. The van der Waals surface area contributed by atoms with Gasteiger partial charge in [0, 0.05) is 23.8 Å². The molecule has 96 valence electrons. The Hall–Kier alpha value is -0.0500. The van der Waals surface area contributed by atoms with Gasteiger partial charge in [-0.1, -0.05) is 29.3 Å². The molecule has 17 heavy (non-hydrogen) atoms. The first kappa shape index (κ1) is 12.0. The van der Waals surface area contributed by atoms with Gasteiger partial charge in [-0.15, -0.1) is 0 Å². The summed E-state index contributed by atoms with van der Waals surface area (Å²) in [4.78, 5) is 15.2. The Kier molecular flexibility index (Phi) is 3.22. The number of carbonyl (C=O) groups is 1. The Labute approximate surface area is 112 Å². The third kappa shape index (κ3) is 2.16. The number of halogens is 1. The quantitative estimate of drug-likeness (QED) is 0.682. The van der Waals surface area contributed by atoms with Crippen molar-refractivity contribution in [3.63, 3.8) is 0 Å². The molecule has 0 aromatic carbocycles. The Morgan fingerprint density at radius 3 is 2.65 bits per heavy atom. The van der Waals surface area contributed by atoms with Gasteiger partial charge in [-0.2, -0.15) is 0 Å². The smallest absolute Gasteiger partial charge is 0.226 e. The van der Waals surface area contributed by atoms with E-state index in [1.165, 1.54) is 25.7 Å². The molecular formula is C14H22BrNO. The zero-order valence-corrected chi connectivity index (χ0v) is 12.2. The fraction of sp³-hybridized carbons (Fsp3) is 0.929. The molecule has 1 aliphatic heterocycles. The molecule has 0 spiro atoms. The summed E-state index contributed by atoms with van der Waals surface area (Å²) in [7, 11) is 0. The summed E-state index contributed by atoms with van der Waals surface area (Å²) < 4.78 is 0. The third-order valence-electron chi connectivity index (χ3n) is 5.23. The van der Waals surface area contributed by atoms with E-state index in [9.17, 15) is 4.79 Å². The van der Waals surface area contributed by atoms with Gasteiger partial charge in [0.25, 0.3) is 0 Å². The molecule has 2 saturated carbocycles. The number of fused-ring (bicyclic) bond motifs is 2. The van der Waals surface area contributed by atoms with Gasteiger partial charge < -0.3 is 4.90 Å². The van der Waals surface area contributed by atoms with Crippen molar-refractivity contribution in [2.45, 2.75) is 43.9 Å².